The zero-order chi connectivity index (χ0) is 14.3. The zero-order valence-corrected chi connectivity index (χ0v) is 12.2. The van der Waals surface area contributed by atoms with E-state index >= 15 is 0 Å². The van der Waals surface area contributed by atoms with Crippen molar-refractivity contribution >= 4 is 11.7 Å². The van der Waals surface area contributed by atoms with Crippen LogP contribution in [0.3, 0.4) is 0 Å². The highest BCUT2D eigenvalue weighted by Gasteiger charge is 2.04. The summed E-state index contributed by atoms with van der Waals surface area (Å²) >= 11 is 0. The lowest BCUT2D eigenvalue weighted by atomic mass is 10.1. The normalized spacial score (nSPS) is 10.3. The molecule has 0 atom stereocenters. The topological polar surface area (TPSA) is 38.8 Å². The van der Waals surface area contributed by atoms with Crippen LogP contribution in [0.15, 0.2) is 18.2 Å². The highest BCUT2D eigenvalue weighted by Crippen LogP contribution is 2.17. The van der Waals surface area contributed by atoms with Crippen molar-refractivity contribution in [2.45, 2.75) is 20.8 Å². The van der Waals surface area contributed by atoms with Crippen LogP contribution >= 0.6 is 0 Å². The predicted octanol–water partition coefficient (Wildman–Crippen LogP) is 2.32. The SMILES string of the molecule is CCOC(=O)COCCN(C)c1cc(C)cc(C)c1. The summed E-state index contributed by atoms with van der Waals surface area (Å²) in [6, 6.07) is 6.42. The highest BCUT2D eigenvalue weighted by molar-refractivity contribution is 5.70. The predicted molar refractivity (Wildman–Crippen MR) is 76.6 cm³/mol. The Bertz CT molecular complexity index is 398. The van der Waals surface area contributed by atoms with Gasteiger partial charge in [-0.1, -0.05) is 6.07 Å². The van der Waals surface area contributed by atoms with Gasteiger partial charge < -0.3 is 14.4 Å². The maximum Gasteiger partial charge on any atom is 0.332 e. The van der Waals surface area contributed by atoms with Crippen LogP contribution < -0.4 is 4.90 Å². The molecule has 0 aliphatic carbocycles. The van der Waals surface area contributed by atoms with Gasteiger partial charge in [0.1, 0.15) is 6.61 Å². The standard InChI is InChI=1S/C15H23NO3/c1-5-19-15(17)11-18-7-6-16(4)14-9-12(2)8-13(3)10-14/h8-10H,5-7,11H2,1-4H3. The summed E-state index contributed by atoms with van der Waals surface area (Å²) in [4.78, 5) is 13.2. The summed E-state index contributed by atoms with van der Waals surface area (Å²) < 4.78 is 10.1. The first-order valence-electron chi connectivity index (χ1n) is 6.55. The number of hydrogen-bond donors (Lipinski definition) is 0. The Morgan fingerprint density at radius 1 is 1.21 bits per heavy atom. The number of benzene rings is 1. The van der Waals surface area contributed by atoms with E-state index < -0.39 is 0 Å². The number of rotatable bonds is 7. The van der Waals surface area contributed by atoms with E-state index in [1.54, 1.807) is 6.92 Å². The molecule has 4 nitrogen and oxygen atoms in total. The first kappa shape index (κ1) is 15.5. The first-order valence-corrected chi connectivity index (χ1v) is 6.55. The molecule has 0 aliphatic heterocycles. The maximum absolute atomic E-state index is 11.1. The molecule has 0 unspecified atom stereocenters. The summed E-state index contributed by atoms with van der Waals surface area (Å²) in [6.45, 7) is 7.61. The molecule has 4 heteroatoms. The van der Waals surface area contributed by atoms with Gasteiger partial charge in [0, 0.05) is 19.3 Å². The van der Waals surface area contributed by atoms with E-state index in [-0.39, 0.29) is 12.6 Å². The molecule has 0 saturated carbocycles. The Balaban J connectivity index is 2.35. The number of carbonyl (C=O) groups excluding carboxylic acids is 1. The molecule has 0 radical (unpaired) electrons. The van der Waals surface area contributed by atoms with Crippen LogP contribution in [0, 0.1) is 13.8 Å². The van der Waals surface area contributed by atoms with Gasteiger partial charge in [0.25, 0.3) is 0 Å². The molecule has 0 saturated heterocycles. The van der Waals surface area contributed by atoms with Gasteiger partial charge in [-0.05, 0) is 44.0 Å². The van der Waals surface area contributed by atoms with Crippen molar-refractivity contribution in [2.75, 3.05) is 38.3 Å². The number of anilines is 1. The number of aryl methyl sites for hydroxylation is 2. The van der Waals surface area contributed by atoms with Crippen molar-refractivity contribution in [2.24, 2.45) is 0 Å². The summed E-state index contributed by atoms with van der Waals surface area (Å²) in [7, 11) is 2.02. The van der Waals surface area contributed by atoms with E-state index in [9.17, 15) is 4.79 Å². The highest BCUT2D eigenvalue weighted by atomic mass is 16.6. The van der Waals surface area contributed by atoms with Gasteiger partial charge in [-0.3, -0.25) is 0 Å². The van der Waals surface area contributed by atoms with E-state index in [4.69, 9.17) is 9.47 Å². The third-order valence-electron chi connectivity index (χ3n) is 2.74. The number of esters is 1. The van der Waals surface area contributed by atoms with Crippen molar-refractivity contribution in [3.63, 3.8) is 0 Å². The van der Waals surface area contributed by atoms with E-state index in [0.717, 1.165) is 12.2 Å². The van der Waals surface area contributed by atoms with E-state index in [1.807, 2.05) is 7.05 Å². The van der Waals surface area contributed by atoms with Crippen LogP contribution in [0.1, 0.15) is 18.1 Å². The van der Waals surface area contributed by atoms with E-state index in [2.05, 4.69) is 36.9 Å². The zero-order valence-electron chi connectivity index (χ0n) is 12.2. The van der Waals surface area contributed by atoms with Crippen LogP contribution in [0.5, 0.6) is 0 Å². The summed E-state index contributed by atoms with van der Waals surface area (Å²) in [5.41, 5.74) is 3.65. The molecule has 106 valence electrons. The van der Waals surface area contributed by atoms with Gasteiger partial charge in [0.05, 0.1) is 13.2 Å². The summed E-state index contributed by atoms with van der Waals surface area (Å²) in [6.07, 6.45) is 0. The Morgan fingerprint density at radius 2 is 1.84 bits per heavy atom. The van der Waals surface area contributed by atoms with E-state index in [1.165, 1.54) is 11.1 Å². The molecule has 1 aromatic carbocycles. The molecule has 0 aromatic heterocycles. The second-order valence-electron chi connectivity index (χ2n) is 4.63. The molecule has 0 N–H and O–H groups in total. The second kappa shape index (κ2) is 7.79. The van der Waals surface area contributed by atoms with Gasteiger partial charge in [0.2, 0.25) is 0 Å². The minimum atomic E-state index is -0.309. The summed E-state index contributed by atoms with van der Waals surface area (Å²) in [5.74, 6) is -0.309. The number of likely N-dealkylation sites (N-methyl/N-ethyl adjacent to an activating group) is 1. The minimum absolute atomic E-state index is 0.0223. The van der Waals surface area contributed by atoms with Crippen molar-refractivity contribution in [1.82, 2.24) is 0 Å². The third-order valence-corrected chi connectivity index (χ3v) is 2.74. The molecule has 0 fully saturated rings. The van der Waals surface area contributed by atoms with Crippen molar-refractivity contribution in [3.05, 3.63) is 29.3 Å². The average molecular weight is 265 g/mol. The lowest BCUT2D eigenvalue weighted by Crippen LogP contribution is -2.24. The lowest BCUT2D eigenvalue weighted by molar-refractivity contribution is -0.148. The molecular formula is C15H23NO3. The quantitative estimate of drug-likeness (QED) is 0.560. The van der Waals surface area contributed by atoms with Crippen LogP contribution in [-0.2, 0) is 14.3 Å². The Kier molecular flexibility index (Phi) is 6.36. The molecule has 19 heavy (non-hydrogen) atoms. The number of ether oxygens (including phenoxy) is 2. The lowest BCUT2D eigenvalue weighted by Gasteiger charge is -2.20. The largest absolute Gasteiger partial charge is 0.464 e. The van der Waals surface area contributed by atoms with Crippen LogP contribution in [0.4, 0.5) is 5.69 Å². The Hall–Kier alpha value is -1.55. The Labute approximate surface area is 115 Å². The van der Waals surface area contributed by atoms with Crippen molar-refractivity contribution in [1.29, 1.82) is 0 Å². The first-order chi connectivity index (χ1) is 9.02. The monoisotopic (exact) mass is 265 g/mol. The molecular weight excluding hydrogens is 242 g/mol. The van der Waals surface area contributed by atoms with Crippen LogP contribution in [-0.4, -0.2) is 39.4 Å². The molecule has 1 rings (SSSR count). The van der Waals surface area contributed by atoms with Gasteiger partial charge in [-0.2, -0.15) is 0 Å². The minimum Gasteiger partial charge on any atom is -0.464 e. The number of carbonyl (C=O) groups is 1. The van der Waals surface area contributed by atoms with Crippen molar-refractivity contribution in [3.8, 4) is 0 Å². The summed E-state index contributed by atoms with van der Waals surface area (Å²) in [5, 5.41) is 0. The smallest absolute Gasteiger partial charge is 0.332 e. The number of hydrogen-bond acceptors (Lipinski definition) is 4. The fourth-order valence-corrected chi connectivity index (χ4v) is 1.86. The Morgan fingerprint density at radius 3 is 2.42 bits per heavy atom. The average Bonchev–Trinajstić information content (AvgIpc) is 2.33. The van der Waals surface area contributed by atoms with Crippen LogP contribution in [0.25, 0.3) is 0 Å². The third kappa shape index (κ3) is 5.75. The van der Waals surface area contributed by atoms with Crippen molar-refractivity contribution < 1.29 is 14.3 Å². The van der Waals surface area contributed by atoms with Gasteiger partial charge >= 0.3 is 5.97 Å². The van der Waals surface area contributed by atoms with Crippen LogP contribution in [0.2, 0.25) is 0 Å². The molecule has 0 heterocycles. The maximum atomic E-state index is 11.1. The molecule has 0 amide bonds. The fraction of sp³-hybridized carbons (Fsp3) is 0.533. The van der Waals surface area contributed by atoms with Gasteiger partial charge in [-0.25, -0.2) is 4.79 Å². The molecule has 1 aromatic rings. The molecule has 0 spiro atoms. The fourth-order valence-electron chi connectivity index (χ4n) is 1.86. The number of nitrogens with zero attached hydrogens (tertiary/aromatic N) is 1. The second-order valence-corrected chi connectivity index (χ2v) is 4.63. The molecule has 0 bridgehead atoms. The van der Waals surface area contributed by atoms with Gasteiger partial charge in [0.15, 0.2) is 0 Å². The van der Waals surface area contributed by atoms with Gasteiger partial charge in [-0.15, -0.1) is 0 Å². The van der Waals surface area contributed by atoms with E-state index in [0.29, 0.717) is 13.2 Å². The molecule has 0 aliphatic rings.